The van der Waals surface area contributed by atoms with Crippen LogP contribution < -0.4 is 0 Å². The Kier molecular flexibility index (Phi) is 0.570. The molecule has 0 N–H and O–H groups in total. The van der Waals surface area contributed by atoms with Gasteiger partial charge >= 0.3 is 0 Å². The Bertz CT molecular complexity index is 299. The number of rotatable bonds is 0. The zero-order chi connectivity index (χ0) is 10.7. The lowest BCUT2D eigenvalue weighted by Gasteiger charge is -2.57. The van der Waals surface area contributed by atoms with Crippen molar-refractivity contribution in [3.8, 4) is 0 Å². The number of hydrogen-bond donors (Lipinski definition) is 0. The van der Waals surface area contributed by atoms with Crippen LogP contribution in [-0.4, -0.2) is 0 Å². The van der Waals surface area contributed by atoms with Crippen molar-refractivity contribution in [2.75, 3.05) is 0 Å². The summed E-state index contributed by atoms with van der Waals surface area (Å²) in [6.45, 7) is 3.96. The lowest BCUT2D eigenvalue weighted by molar-refractivity contribution is -0.0273. The van der Waals surface area contributed by atoms with Gasteiger partial charge in [-0.2, -0.15) is 0 Å². The first-order valence-corrected chi connectivity index (χ1v) is 3.94. The fourth-order valence-corrected chi connectivity index (χ4v) is 2.21. The lowest BCUT2D eigenvalue weighted by Crippen LogP contribution is -2.48. The van der Waals surface area contributed by atoms with Crippen LogP contribution in [0.15, 0.2) is 12.1 Å². The second kappa shape index (κ2) is 1.66. The average Bonchev–Trinajstić information content (AvgIpc) is 2.01. The Morgan fingerprint density at radius 3 is 3.10 bits per heavy atom. The Morgan fingerprint density at radius 1 is 1.80 bits per heavy atom. The molecule has 0 aromatic rings. The summed E-state index contributed by atoms with van der Waals surface area (Å²) >= 11 is 0. The van der Waals surface area contributed by atoms with Crippen molar-refractivity contribution in [1.29, 1.82) is 0 Å². The van der Waals surface area contributed by atoms with E-state index in [2.05, 4.69) is 13.8 Å². The molecular weight excluding hydrogens is 120 g/mol. The first kappa shape index (κ1) is 3.42. The van der Waals surface area contributed by atoms with E-state index in [1.165, 1.54) is 0 Å². The fourth-order valence-electron chi connectivity index (χ4n) is 2.21. The predicted molar refractivity (Wildman–Crippen MR) is 43.8 cm³/mol. The maximum absolute atomic E-state index is 7.82. The summed E-state index contributed by atoms with van der Waals surface area (Å²) in [4.78, 5) is 0. The molecule has 3 saturated carbocycles. The van der Waals surface area contributed by atoms with Crippen LogP contribution in [-0.2, 0) is 0 Å². The summed E-state index contributed by atoms with van der Waals surface area (Å²) in [6, 6.07) is 0. The maximum Gasteiger partial charge on any atom is 0.0537 e. The monoisotopic (exact) mass is 140 g/mol. The normalized spacial score (nSPS) is 53.2. The summed E-state index contributed by atoms with van der Waals surface area (Å²) in [6.07, 6.45) is 0.0676. The van der Waals surface area contributed by atoms with Gasteiger partial charge < -0.3 is 0 Å². The van der Waals surface area contributed by atoms with Crippen molar-refractivity contribution in [3.63, 3.8) is 0 Å². The van der Waals surface area contributed by atoms with Crippen molar-refractivity contribution in [2.24, 2.45) is 17.3 Å². The minimum Gasteiger partial charge on any atom is -0.0996 e. The molecule has 2 atom stereocenters. The third-order valence-electron chi connectivity index (χ3n) is 3.36. The molecule has 3 aliphatic carbocycles. The first-order chi connectivity index (χ1) is 6.27. The molecular formula is C10H16. The molecule has 3 fully saturated rings. The van der Waals surface area contributed by atoms with Crippen LogP contribution in [0.3, 0.4) is 0 Å². The van der Waals surface area contributed by atoms with E-state index in [9.17, 15) is 0 Å². The zero-order valence-corrected chi connectivity index (χ0v) is 6.57. The summed E-state index contributed by atoms with van der Waals surface area (Å²) < 4.78 is 30.4. The van der Waals surface area contributed by atoms with E-state index < -0.39 is 6.37 Å². The molecule has 0 amide bonds. The van der Waals surface area contributed by atoms with Crippen LogP contribution in [0.2, 0.25) is 0 Å². The van der Waals surface area contributed by atoms with Gasteiger partial charge in [0.2, 0.25) is 0 Å². The SMILES string of the molecule is [2H]C([2H])=C1[C@H]2C[C@@H](CC1([2H])[2H])C2(C)C. The van der Waals surface area contributed by atoms with Crippen LogP contribution in [0.1, 0.15) is 38.5 Å². The summed E-state index contributed by atoms with van der Waals surface area (Å²) in [5.41, 5.74) is 0.541. The van der Waals surface area contributed by atoms with Gasteiger partial charge in [0.05, 0.1) is 2.74 Å². The molecule has 0 heteroatoms. The van der Waals surface area contributed by atoms with E-state index in [4.69, 9.17) is 5.48 Å². The van der Waals surface area contributed by atoms with Gasteiger partial charge in [-0.3, -0.25) is 0 Å². The topological polar surface area (TPSA) is 0 Å². The minimum atomic E-state index is -1.40. The van der Waals surface area contributed by atoms with E-state index in [-0.39, 0.29) is 17.9 Å². The van der Waals surface area contributed by atoms with Crippen molar-refractivity contribution >= 4 is 0 Å². The van der Waals surface area contributed by atoms with Gasteiger partial charge in [-0.15, -0.1) is 0 Å². The average molecular weight is 140 g/mol. The molecule has 10 heavy (non-hydrogen) atoms. The molecule has 0 saturated heterocycles. The van der Waals surface area contributed by atoms with Crippen LogP contribution in [0.25, 0.3) is 0 Å². The van der Waals surface area contributed by atoms with Crippen LogP contribution in [0.5, 0.6) is 0 Å². The smallest absolute Gasteiger partial charge is 0.0537 e. The van der Waals surface area contributed by atoms with Crippen LogP contribution in [0.4, 0.5) is 0 Å². The van der Waals surface area contributed by atoms with E-state index in [1.54, 1.807) is 0 Å². The molecule has 2 bridgehead atoms. The highest BCUT2D eigenvalue weighted by molar-refractivity contribution is 5.18. The quantitative estimate of drug-likeness (QED) is 0.454. The molecule has 56 valence electrons. The molecule has 3 aliphatic rings. The molecule has 0 aliphatic heterocycles. The molecule has 0 radical (unpaired) electrons. The van der Waals surface area contributed by atoms with Crippen molar-refractivity contribution in [1.82, 2.24) is 0 Å². The van der Waals surface area contributed by atoms with Crippen molar-refractivity contribution < 1.29 is 5.48 Å². The number of allylic oxidation sites excluding steroid dienone is 1. The molecule has 0 aromatic carbocycles. The van der Waals surface area contributed by atoms with E-state index >= 15 is 0 Å². The summed E-state index contributed by atoms with van der Waals surface area (Å²) in [5.74, 6) is 0.562. The second-order valence-electron chi connectivity index (χ2n) is 4.10. The Labute approximate surface area is 68.9 Å². The standard InChI is InChI=1S/C10H16/c1-7-4-5-8-6-9(7)10(8,2)3/h8-9H,1,4-6H2,2-3H3/t8-,9-/m1/s1/i1D2,4D2. The van der Waals surface area contributed by atoms with E-state index in [1.807, 2.05) is 0 Å². The third kappa shape index (κ3) is 0.574. The number of hydrogen-bond acceptors (Lipinski definition) is 0. The summed E-state index contributed by atoms with van der Waals surface area (Å²) in [7, 11) is 0. The van der Waals surface area contributed by atoms with E-state index in [0.717, 1.165) is 6.42 Å². The largest absolute Gasteiger partial charge is 0.0996 e. The van der Waals surface area contributed by atoms with Crippen molar-refractivity contribution in [2.45, 2.75) is 33.1 Å². The Hall–Kier alpha value is -0.260. The third-order valence-corrected chi connectivity index (χ3v) is 3.36. The minimum absolute atomic E-state index is 0.105. The molecule has 0 heterocycles. The van der Waals surface area contributed by atoms with E-state index in [0.29, 0.717) is 17.9 Å². The Morgan fingerprint density at radius 2 is 2.60 bits per heavy atom. The van der Waals surface area contributed by atoms with Gasteiger partial charge in [-0.05, 0) is 36.5 Å². The molecule has 0 aromatic heterocycles. The van der Waals surface area contributed by atoms with Crippen LogP contribution >= 0.6 is 0 Å². The molecule has 0 unspecified atom stereocenters. The van der Waals surface area contributed by atoms with Gasteiger partial charge in [-0.25, -0.2) is 0 Å². The van der Waals surface area contributed by atoms with Crippen molar-refractivity contribution in [3.05, 3.63) is 12.1 Å². The van der Waals surface area contributed by atoms with Gasteiger partial charge in [0.25, 0.3) is 0 Å². The lowest BCUT2D eigenvalue weighted by atomic mass is 9.47. The Balaban J connectivity index is 2.42. The zero-order valence-electron chi connectivity index (χ0n) is 10.6. The highest BCUT2D eigenvalue weighted by Crippen LogP contribution is 2.60. The molecule has 3 rings (SSSR count). The first-order valence-electron chi connectivity index (χ1n) is 5.94. The molecule has 0 spiro atoms. The van der Waals surface area contributed by atoms with Crippen LogP contribution in [0, 0.1) is 17.3 Å². The molecule has 0 nitrogen and oxygen atoms in total. The second-order valence-corrected chi connectivity index (χ2v) is 4.10. The van der Waals surface area contributed by atoms with Gasteiger partial charge in [0, 0.05) is 2.74 Å². The van der Waals surface area contributed by atoms with Gasteiger partial charge in [-0.1, -0.05) is 26.0 Å². The van der Waals surface area contributed by atoms with Gasteiger partial charge in [0.15, 0.2) is 0 Å². The highest BCUT2D eigenvalue weighted by atomic mass is 14.6. The maximum atomic E-state index is 7.82. The predicted octanol–water partition coefficient (Wildman–Crippen LogP) is 3.00. The van der Waals surface area contributed by atoms with Gasteiger partial charge in [0.1, 0.15) is 0 Å². The number of fused-ring (bicyclic) bond motifs is 2. The fraction of sp³-hybridized carbons (Fsp3) is 0.800. The summed E-state index contributed by atoms with van der Waals surface area (Å²) in [5, 5.41) is 0. The highest BCUT2D eigenvalue weighted by Gasteiger charge is 2.51.